The van der Waals surface area contributed by atoms with Gasteiger partial charge in [-0.1, -0.05) is 90.9 Å². The predicted octanol–water partition coefficient (Wildman–Crippen LogP) is 6.50. The average molecular weight is 306 g/mol. The minimum absolute atomic E-state index is 0. The second kappa shape index (κ2) is 21.5. The first-order chi connectivity index (χ1) is 9.41. The van der Waals surface area contributed by atoms with Crippen LogP contribution in [0.1, 0.15) is 104 Å². The molecule has 1 nitrogen and oxygen atoms in total. The second-order valence-electron chi connectivity index (χ2n) is 5.99. The smallest absolute Gasteiger partial charge is 0.00489 e. The van der Waals surface area contributed by atoms with Crippen LogP contribution in [0.4, 0.5) is 0 Å². The Kier molecular flexibility index (Phi) is 24.3. The van der Waals surface area contributed by atoms with E-state index in [2.05, 4.69) is 19.2 Å². The summed E-state index contributed by atoms with van der Waals surface area (Å²) in [5, 5.41) is 3.59. The number of hydrogen-bond acceptors (Lipinski definition) is 1. The lowest BCUT2D eigenvalue weighted by Gasteiger charge is -2.05. The molecule has 0 saturated heterocycles. The molecule has 0 aliphatic heterocycles. The molecule has 1 N–H and O–H groups in total. The van der Waals surface area contributed by atoms with E-state index in [9.17, 15) is 0 Å². The zero-order chi connectivity index (χ0) is 14.0. The lowest BCUT2D eigenvalue weighted by molar-refractivity contribution is 0.537. The van der Waals surface area contributed by atoms with Crippen LogP contribution < -0.4 is 5.32 Å². The zero-order valence-corrected chi connectivity index (χ0v) is 15.0. The molecule has 0 aromatic carbocycles. The molecule has 0 saturated carbocycles. The van der Waals surface area contributed by atoms with Crippen LogP contribution in [0.25, 0.3) is 0 Å². The van der Waals surface area contributed by atoms with Crippen molar-refractivity contribution in [3.05, 3.63) is 0 Å². The first-order valence-electron chi connectivity index (χ1n) is 9.12. The number of hydrogen-bond donors (Lipinski definition) is 1. The molecule has 0 atom stereocenters. The molecular weight excluding hydrogens is 266 g/mol. The van der Waals surface area contributed by atoms with Crippen LogP contribution in [0, 0.1) is 0 Å². The summed E-state index contributed by atoms with van der Waals surface area (Å²) in [6.45, 7) is 7.05. The third-order valence-electron chi connectivity index (χ3n) is 3.91. The number of nitrogens with one attached hydrogen (secondary N) is 1. The van der Waals surface area contributed by atoms with Gasteiger partial charge < -0.3 is 5.32 Å². The molecule has 0 spiro atoms. The van der Waals surface area contributed by atoms with Gasteiger partial charge in [0, 0.05) is 0 Å². The van der Waals surface area contributed by atoms with Gasteiger partial charge in [0.25, 0.3) is 0 Å². The Bertz CT molecular complexity index is 134. The predicted molar refractivity (Wildman–Crippen MR) is 96.1 cm³/mol. The summed E-state index contributed by atoms with van der Waals surface area (Å²) in [4.78, 5) is 0. The van der Waals surface area contributed by atoms with Crippen LogP contribution in [0.2, 0.25) is 0 Å². The van der Waals surface area contributed by atoms with E-state index in [0.717, 1.165) is 0 Å². The van der Waals surface area contributed by atoms with Crippen LogP contribution in [0.15, 0.2) is 0 Å². The summed E-state index contributed by atoms with van der Waals surface area (Å²) >= 11 is 0. The molecule has 0 rings (SSSR count). The maximum absolute atomic E-state index is 3.59. The Morgan fingerprint density at radius 1 is 0.450 bits per heavy atom. The van der Waals surface area contributed by atoms with Crippen LogP contribution in [-0.2, 0) is 0 Å². The van der Waals surface area contributed by atoms with Crippen molar-refractivity contribution in [3.63, 3.8) is 0 Å². The van der Waals surface area contributed by atoms with E-state index in [1.54, 1.807) is 0 Å². The highest BCUT2D eigenvalue weighted by Gasteiger charge is 1.93. The third-order valence-corrected chi connectivity index (χ3v) is 3.91. The SMILES string of the molecule is CCCCCCCCCNCCCCCCCCC.Cl. The monoisotopic (exact) mass is 305 g/mol. The molecule has 0 amide bonds. The highest BCUT2D eigenvalue weighted by molar-refractivity contribution is 5.85. The van der Waals surface area contributed by atoms with E-state index >= 15 is 0 Å². The Labute approximate surface area is 135 Å². The van der Waals surface area contributed by atoms with Crippen LogP contribution in [0.5, 0.6) is 0 Å². The maximum atomic E-state index is 3.59. The lowest BCUT2D eigenvalue weighted by atomic mass is 10.1. The van der Waals surface area contributed by atoms with Gasteiger partial charge in [0.15, 0.2) is 0 Å². The van der Waals surface area contributed by atoms with Crippen molar-refractivity contribution in [2.75, 3.05) is 13.1 Å². The first-order valence-corrected chi connectivity index (χ1v) is 9.12. The highest BCUT2D eigenvalue weighted by Crippen LogP contribution is 2.07. The molecule has 0 unspecified atom stereocenters. The molecule has 0 bridgehead atoms. The standard InChI is InChI=1S/C18H39N.ClH/c1-3-5-7-9-11-13-15-17-19-18-16-14-12-10-8-6-4-2;/h19H,3-18H2,1-2H3;1H. The van der Waals surface area contributed by atoms with Gasteiger partial charge in [-0.2, -0.15) is 0 Å². The van der Waals surface area contributed by atoms with Gasteiger partial charge in [0.2, 0.25) is 0 Å². The van der Waals surface area contributed by atoms with Gasteiger partial charge in [0.05, 0.1) is 0 Å². The van der Waals surface area contributed by atoms with Crippen LogP contribution >= 0.6 is 12.4 Å². The van der Waals surface area contributed by atoms with E-state index in [4.69, 9.17) is 0 Å². The van der Waals surface area contributed by atoms with Crippen molar-refractivity contribution in [1.82, 2.24) is 5.32 Å². The van der Waals surface area contributed by atoms with E-state index in [1.807, 2.05) is 0 Å². The van der Waals surface area contributed by atoms with Crippen molar-refractivity contribution < 1.29 is 0 Å². The zero-order valence-electron chi connectivity index (χ0n) is 14.2. The van der Waals surface area contributed by atoms with Gasteiger partial charge in [-0.25, -0.2) is 0 Å². The summed E-state index contributed by atoms with van der Waals surface area (Å²) in [5.41, 5.74) is 0. The summed E-state index contributed by atoms with van der Waals surface area (Å²) in [6, 6.07) is 0. The molecule has 124 valence electrons. The average Bonchev–Trinajstić information content (AvgIpc) is 2.43. The number of halogens is 1. The van der Waals surface area contributed by atoms with Crippen molar-refractivity contribution in [3.8, 4) is 0 Å². The van der Waals surface area contributed by atoms with Gasteiger partial charge in [0.1, 0.15) is 0 Å². The van der Waals surface area contributed by atoms with Gasteiger partial charge in [-0.15, -0.1) is 12.4 Å². The molecule has 2 heteroatoms. The molecule has 0 radical (unpaired) electrons. The molecule has 0 aromatic heterocycles. The fourth-order valence-corrected chi connectivity index (χ4v) is 2.54. The van der Waals surface area contributed by atoms with Crippen molar-refractivity contribution in [2.24, 2.45) is 0 Å². The topological polar surface area (TPSA) is 12.0 Å². The lowest BCUT2D eigenvalue weighted by Crippen LogP contribution is -2.16. The van der Waals surface area contributed by atoms with Gasteiger partial charge >= 0.3 is 0 Å². The summed E-state index contributed by atoms with van der Waals surface area (Å²) < 4.78 is 0. The van der Waals surface area contributed by atoms with Gasteiger partial charge in [-0.3, -0.25) is 0 Å². The van der Waals surface area contributed by atoms with E-state index in [1.165, 1.54) is 103 Å². The summed E-state index contributed by atoms with van der Waals surface area (Å²) in [7, 11) is 0. The van der Waals surface area contributed by atoms with Crippen molar-refractivity contribution in [2.45, 2.75) is 104 Å². The second-order valence-corrected chi connectivity index (χ2v) is 5.99. The van der Waals surface area contributed by atoms with Crippen molar-refractivity contribution >= 4 is 12.4 Å². The Hall–Kier alpha value is 0.250. The van der Waals surface area contributed by atoms with E-state index in [-0.39, 0.29) is 12.4 Å². The third kappa shape index (κ3) is 20.6. The van der Waals surface area contributed by atoms with Crippen LogP contribution in [-0.4, -0.2) is 13.1 Å². The molecular formula is C18H40ClN. The normalized spacial score (nSPS) is 10.5. The number of unbranched alkanes of at least 4 members (excludes halogenated alkanes) is 12. The quantitative estimate of drug-likeness (QED) is 0.321. The number of rotatable bonds is 16. The Balaban J connectivity index is 0. The highest BCUT2D eigenvalue weighted by atomic mass is 35.5. The minimum Gasteiger partial charge on any atom is -0.317 e. The minimum atomic E-state index is 0. The van der Waals surface area contributed by atoms with Crippen molar-refractivity contribution in [1.29, 1.82) is 0 Å². The molecule has 0 heterocycles. The maximum Gasteiger partial charge on any atom is -0.00489 e. The van der Waals surface area contributed by atoms with Crippen LogP contribution in [0.3, 0.4) is 0 Å². The Morgan fingerprint density at radius 2 is 0.750 bits per heavy atom. The summed E-state index contributed by atoms with van der Waals surface area (Å²) in [6.07, 6.45) is 19.9. The Morgan fingerprint density at radius 3 is 1.10 bits per heavy atom. The summed E-state index contributed by atoms with van der Waals surface area (Å²) in [5.74, 6) is 0. The molecule has 0 aliphatic carbocycles. The fourth-order valence-electron chi connectivity index (χ4n) is 2.54. The van der Waals surface area contributed by atoms with E-state index in [0.29, 0.717) is 0 Å². The molecule has 0 aliphatic rings. The molecule has 0 aromatic rings. The first kappa shape index (κ1) is 22.5. The largest absolute Gasteiger partial charge is 0.317 e. The molecule has 20 heavy (non-hydrogen) atoms. The van der Waals surface area contributed by atoms with Gasteiger partial charge in [-0.05, 0) is 25.9 Å². The van der Waals surface area contributed by atoms with E-state index < -0.39 is 0 Å². The fraction of sp³-hybridized carbons (Fsp3) is 1.00. The molecule has 0 fully saturated rings.